The summed E-state index contributed by atoms with van der Waals surface area (Å²) in [6, 6.07) is 23.0. The van der Waals surface area contributed by atoms with Gasteiger partial charge in [-0.3, -0.25) is 4.79 Å². The van der Waals surface area contributed by atoms with Gasteiger partial charge in [0.15, 0.2) is 0 Å². The number of fused-ring (bicyclic) bond motifs is 1. The summed E-state index contributed by atoms with van der Waals surface area (Å²) in [5, 5.41) is 5.66. The molecular weight excluding hydrogens is 467 g/mol. The monoisotopic (exact) mass is 488 g/mol. The first-order chi connectivity index (χ1) is 16.4. The lowest BCUT2D eigenvalue weighted by atomic mass is 9.98. The molecule has 0 amide bonds. The molecule has 0 spiro atoms. The molecule has 0 fully saturated rings. The van der Waals surface area contributed by atoms with Gasteiger partial charge in [-0.25, -0.2) is 4.98 Å². The van der Waals surface area contributed by atoms with Crippen LogP contribution in [0.3, 0.4) is 0 Å². The maximum Gasteiger partial charge on any atom is 0.251 e. The van der Waals surface area contributed by atoms with E-state index in [0.29, 0.717) is 16.5 Å². The Labute approximate surface area is 207 Å². The smallest absolute Gasteiger partial charge is 0.251 e. The highest BCUT2D eigenvalue weighted by Crippen LogP contribution is 2.30. The van der Waals surface area contributed by atoms with Crippen LogP contribution >= 0.6 is 23.2 Å². The number of hydrogen-bond donors (Lipinski definition) is 1. The van der Waals surface area contributed by atoms with Crippen molar-refractivity contribution in [2.75, 3.05) is 5.32 Å². The summed E-state index contributed by atoms with van der Waals surface area (Å²) in [7, 11) is 3.78. The Morgan fingerprint density at radius 1 is 0.882 bits per heavy atom. The van der Waals surface area contributed by atoms with Gasteiger partial charge in [-0.05, 0) is 65.2 Å². The number of nitrogens with one attached hydrogen (secondary N) is 1. The average molecular weight is 489 g/mol. The number of pyridine rings is 1. The lowest BCUT2D eigenvalue weighted by molar-refractivity contribution is 0.854. The minimum absolute atomic E-state index is 0.0558. The van der Waals surface area contributed by atoms with Crippen molar-refractivity contribution in [1.29, 1.82) is 0 Å². The first-order valence-electron chi connectivity index (χ1n) is 10.8. The van der Waals surface area contributed by atoms with Crippen LogP contribution in [-0.2, 0) is 20.5 Å². The van der Waals surface area contributed by atoms with E-state index in [-0.39, 0.29) is 5.56 Å². The second kappa shape index (κ2) is 9.01. The van der Waals surface area contributed by atoms with Crippen molar-refractivity contribution in [3.63, 3.8) is 0 Å². The quantitative estimate of drug-likeness (QED) is 0.304. The Hall–Kier alpha value is -3.54. The normalized spacial score (nSPS) is 11.2. The van der Waals surface area contributed by atoms with E-state index in [0.717, 1.165) is 44.9 Å². The van der Waals surface area contributed by atoms with Crippen molar-refractivity contribution in [3.8, 4) is 11.1 Å². The van der Waals surface area contributed by atoms with Gasteiger partial charge in [0, 0.05) is 53.4 Å². The minimum Gasteiger partial charge on any atom is -0.326 e. The van der Waals surface area contributed by atoms with Crippen LogP contribution in [0, 0.1) is 0 Å². The maximum atomic E-state index is 12.6. The molecule has 0 unspecified atom stereocenters. The van der Waals surface area contributed by atoms with E-state index < -0.39 is 0 Å². The topological polar surface area (TPSA) is 51.9 Å². The molecule has 5 nitrogen and oxygen atoms in total. The molecule has 5 aromatic rings. The van der Waals surface area contributed by atoms with Crippen molar-refractivity contribution < 1.29 is 0 Å². The van der Waals surface area contributed by atoms with Crippen LogP contribution < -0.4 is 10.9 Å². The molecule has 34 heavy (non-hydrogen) atoms. The molecule has 0 saturated heterocycles. The van der Waals surface area contributed by atoms with E-state index in [1.54, 1.807) is 17.7 Å². The van der Waals surface area contributed by atoms with Gasteiger partial charge in [-0.15, -0.1) is 0 Å². The second-order valence-electron chi connectivity index (χ2n) is 8.26. The van der Waals surface area contributed by atoms with Crippen molar-refractivity contribution in [3.05, 3.63) is 111 Å². The lowest BCUT2D eigenvalue weighted by Crippen LogP contribution is -2.16. The molecule has 5 rings (SSSR count). The molecule has 0 aliphatic heterocycles. The molecular formula is C27H22Cl2N4O. The maximum absolute atomic E-state index is 12.6. The Morgan fingerprint density at radius 3 is 2.44 bits per heavy atom. The number of aryl methyl sites for hydroxylation is 1. The molecule has 0 aliphatic carbocycles. The van der Waals surface area contributed by atoms with Crippen molar-refractivity contribution in [2.45, 2.75) is 6.42 Å². The fraction of sp³-hybridized carbons (Fsp3) is 0.111. The molecule has 2 aromatic heterocycles. The largest absolute Gasteiger partial charge is 0.326 e. The first-order valence-corrected chi connectivity index (χ1v) is 11.6. The van der Waals surface area contributed by atoms with Crippen LogP contribution in [0.15, 0.2) is 83.8 Å². The van der Waals surface area contributed by atoms with Gasteiger partial charge in [0.05, 0.1) is 11.7 Å². The molecule has 3 aromatic carbocycles. The summed E-state index contributed by atoms with van der Waals surface area (Å²) in [6.45, 7) is 0. The van der Waals surface area contributed by atoms with Gasteiger partial charge in [0.1, 0.15) is 0 Å². The van der Waals surface area contributed by atoms with E-state index in [1.807, 2.05) is 72.4 Å². The summed E-state index contributed by atoms with van der Waals surface area (Å²) in [5.41, 5.74) is 5.71. The van der Waals surface area contributed by atoms with E-state index in [4.69, 9.17) is 23.2 Å². The van der Waals surface area contributed by atoms with Crippen molar-refractivity contribution in [2.24, 2.45) is 14.1 Å². The number of halogens is 2. The predicted octanol–water partition coefficient (Wildman–Crippen LogP) is 6.58. The Kier molecular flexibility index (Phi) is 5.90. The van der Waals surface area contributed by atoms with E-state index in [9.17, 15) is 4.79 Å². The van der Waals surface area contributed by atoms with E-state index >= 15 is 0 Å². The first kappa shape index (κ1) is 22.3. The zero-order valence-corrected chi connectivity index (χ0v) is 20.2. The highest BCUT2D eigenvalue weighted by atomic mass is 35.5. The Morgan fingerprint density at radius 2 is 1.68 bits per heavy atom. The molecule has 0 radical (unpaired) electrons. The average Bonchev–Trinajstić information content (AvgIpc) is 3.16. The van der Waals surface area contributed by atoms with Crippen molar-refractivity contribution in [1.82, 2.24) is 14.1 Å². The van der Waals surface area contributed by atoms with Crippen LogP contribution in [0.5, 0.6) is 0 Å². The number of benzene rings is 3. The molecule has 170 valence electrons. The number of imidazole rings is 1. The third-order valence-corrected chi connectivity index (χ3v) is 6.50. The number of aromatic nitrogens is 3. The number of hydrogen-bond acceptors (Lipinski definition) is 3. The summed E-state index contributed by atoms with van der Waals surface area (Å²) in [5.74, 6) is 0.750. The van der Waals surface area contributed by atoms with Crippen LogP contribution in [0.1, 0.15) is 11.3 Å². The SMILES string of the molecule is Cn1c(Cc2ccc3c(c2)c(-c2cccc(Cl)c2)cc(=O)n3C)cnc1Nc1ccc(Cl)cc1. The fourth-order valence-electron chi connectivity index (χ4n) is 4.11. The van der Waals surface area contributed by atoms with Gasteiger partial charge < -0.3 is 14.5 Å². The van der Waals surface area contributed by atoms with Gasteiger partial charge in [0.2, 0.25) is 5.95 Å². The highest BCUT2D eigenvalue weighted by molar-refractivity contribution is 6.31. The van der Waals surface area contributed by atoms with Gasteiger partial charge in [0.25, 0.3) is 5.56 Å². The van der Waals surface area contributed by atoms with Gasteiger partial charge in [-0.2, -0.15) is 0 Å². The number of nitrogens with zero attached hydrogens (tertiary/aromatic N) is 3. The van der Waals surface area contributed by atoms with Gasteiger partial charge in [-0.1, -0.05) is 41.4 Å². The zero-order chi connectivity index (χ0) is 23.8. The van der Waals surface area contributed by atoms with Crippen LogP contribution in [-0.4, -0.2) is 14.1 Å². The Bertz CT molecular complexity index is 1570. The Balaban J connectivity index is 1.51. The lowest BCUT2D eigenvalue weighted by Gasteiger charge is -2.13. The molecule has 0 atom stereocenters. The molecule has 2 heterocycles. The van der Waals surface area contributed by atoms with E-state index in [1.165, 1.54) is 0 Å². The minimum atomic E-state index is -0.0558. The highest BCUT2D eigenvalue weighted by Gasteiger charge is 2.12. The molecule has 7 heteroatoms. The number of rotatable bonds is 5. The molecule has 0 aliphatic rings. The van der Waals surface area contributed by atoms with Crippen LogP contribution in [0.25, 0.3) is 22.0 Å². The van der Waals surface area contributed by atoms with Gasteiger partial charge >= 0.3 is 0 Å². The van der Waals surface area contributed by atoms with Crippen LogP contribution in [0.2, 0.25) is 10.0 Å². The van der Waals surface area contributed by atoms with E-state index in [2.05, 4.69) is 22.4 Å². The second-order valence-corrected chi connectivity index (χ2v) is 9.13. The zero-order valence-electron chi connectivity index (χ0n) is 18.7. The molecule has 0 bridgehead atoms. The van der Waals surface area contributed by atoms with Crippen LogP contribution in [0.4, 0.5) is 11.6 Å². The third kappa shape index (κ3) is 4.32. The summed E-state index contributed by atoms with van der Waals surface area (Å²) in [6.07, 6.45) is 2.57. The predicted molar refractivity (Wildman–Crippen MR) is 140 cm³/mol. The standard InChI is InChI=1S/C27H22Cl2N4O/c1-32-22(16-30-27(32)31-21-9-7-19(28)8-10-21)12-17-6-11-25-24(13-17)23(15-26(34)33(25)2)18-4-3-5-20(29)14-18/h3-11,13-16H,12H2,1-2H3,(H,30,31). The number of anilines is 2. The molecule has 1 N–H and O–H groups in total. The molecule has 0 saturated carbocycles. The summed E-state index contributed by atoms with van der Waals surface area (Å²) < 4.78 is 3.71. The third-order valence-electron chi connectivity index (χ3n) is 6.02. The fourth-order valence-corrected chi connectivity index (χ4v) is 4.43. The van der Waals surface area contributed by atoms with Crippen molar-refractivity contribution >= 4 is 45.7 Å². The summed E-state index contributed by atoms with van der Waals surface area (Å²) >= 11 is 12.2. The summed E-state index contributed by atoms with van der Waals surface area (Å²) in [4.78, 5) is 17.2.